The minimum atomic E-state index is -0.255. The van der Waals surface area contributed by atoms with Gasteiger partial charge < -0.3 is 10.5 Å². The van der Waals surface area contributed by atoms with Crippen molar-refractivity contribution in [3.8, 4) is 0 Å². The summed E-state index contributed by atoms with van der Waals surface area (Å²) in [6, 6.07) is 2.13. The molecule has 0 aliphatic heterocycles. The molecular formula is C11H15NO2S. The summed E-state index contributed by atoms with van der Waals surface area (Å²) in [5.74, 6) is 0.0350. The van der Waals surface area contributed by atoms with E-state index in [9.17, 15) is 4.79 Å². The van der Waals surface area contributed by atoms with Crippen LogP contribution in [0.1, 0.15) is 35.0 Å². The topological polar surface area (TPSA) is 52.3 Å². The number of carbonyl (C=O) groups excluding carboxylic acids is 1. The van der Waals surface area contributed by atoms with E-state index in [2.05, 4.69) is 13.8 Å². The van der Waals surface area contributed by atoms with Gasteiger partial charge in [0.25, 0.3) is 0 Å². The molecule has 0 aromatic carbocycles. The van der Waals surface area contributed by atoms with Gasteiger partial charge in [-0.15, -0.1) is 11.3 Å². The standard InChI is InChI=1S/C11H15NO2S/c1-11(2)7(9(11)12)6-4-5-15-8(6)10(13)14-3/h4-5,7,9H,12H2,1-3H3. The molecule has 2 rings (SSSR count). The van der Waals surface area contributed by atoms with Crippen LogP contribution >= 0.6 is 11.3 Å². The second-order valence-corrected chi connectivity index (χ2v) is 5.44. The first-order valence-electron chi connectivity index (χ1n) is 4.91. The van der Waals surface area contributed by atoms with Gasteiger partial charge in [-0.25, -0.2) is 4.79 Å². The molecule has 4 heteroatoms. The molecule has 1 aromatic heterocycles. The summed E-state index contributed by atoms with van der Waals surface area (Å²) >= 11 is 1.42. The number of hydrogen-bond donors (Lipinski definition) is 1. The zero-order valence-electron chi connectivity index (χ0n) is 9.11. The van der Waals surface area contributed by atoms with E-state index in [-0.39, 0.29) is 23.3 Å². The van der Waals surface area contributed by atoms with Crippen LogP contribution in [0.15, 0.2) is 11.4 Å². The average molecular weight is 225 g/mol. The summed E-state index contributed by atoms with van der Waals surface area (Å²) in [7, 11) is 1.41. The Balaban J connectivity index is 2.32. The number of hydrogen-bond acceptors (Lipinski definition) is 4. The summed E-state index contributed by atoms with van der Waals surface area (Å²) in [5.41, 5.74) is 7.15. The van der Waals surface area contributed by atoms with E-state index in [1.807, 2.05) is 11.4 Å². The molecule has 0 saturated heterocycles. The highest BCUT2D eigenvalue weighted by molar-refractivity contribution is 7.12. The van der Waals surface area contributed by atoms with E-state index in [4.69, 9.17) is 10.5 Å². The molecule has 1 aliphatic rings. The quantitative estimate of drug-likeness (QED) is 0.783. The van der Waals surface area contributed by atoms with E-state index in [0.29, 0.717) is 4.88 Å². The second kappa shape index (κ2) is 3.32. The average Bonchev–Trinajstić information content (AvgIpc) is 2.57. The van der Waals surface area contributed by atoms with Crippen molar-refractivity contribution in [3.05, 3.63) is 21.9 Å². The fourth-order valence-electron chi connectivity index (χ4n) is 2.09. The molecule has 3 nitrogen and oxygen atoms in total. The molecule has 1 fully saturated rings. The lowest BCUT2D eigenvalue weighted by Gasteiger charge is -2.03. The Labute approximate surface area is 93.2 Å². The van der Waals surface area contributed by atoms with Gasteiger partial charge in [-0.3, -0.25) is 0 Å². The number of thiophene rings is 1. The maximum absolute atomic E-state index is 11.5. The molecule has 0 spiro atoms. The molecule has 0 radical (unpaired) electrons. The molecular weight excluding hydrogens is 210 g/mol. The van der Waals surface area contributed by atoms with E-state index in [1.54, 1.807) is 0 Å². The highest BCUT2D eigenvalue weighted by atomic mass is 32.1. The van der Waals surface area contributed by atoms with Crippen molar-refractivity contribution in [1.29, 1.82) is 0 Å². The summed E-state index contributed by atoms with van der Waals surface area (Å²) in [6.45, 7) is 4.25. The van der Waals surface area contributed by atoms with Crippen LogP contribution in [-0.4, -0.2) is 19.1 Å². The summed E-state index contributed by atoms with van der Waals surface area (Å²) < 4.78 is 4.75. The molecule has 2 N–H and O–H groups in total. The van der Waals surface area contributed by atoms with Crippen LogP contribution in [0.2, 0.25) is 0 Å². The lowest BCUT2D eigenvalue weighted by molar-refractivity contribution is 0.0605. The van der Waals surface area contributed by atoms with Crippen molar-refractivity contribution in [1.82, 2.24) is 0 Å². The zero-order valence-corrected chi connectivity index (χ0v) is 9.93. The van der Waals surface area contributed by atoms with Gasteiger partial charge in [0.15, 0.2) is 0 Å². The van der Waals surface area contributed by atoms with Crippen LogP contribution < -0.4 is 5.73 Å². The van der Waals surface area contributed by atoms with Gasteiger partial charge in [0.2, 0.25) is 0 Å². The SMILES string of the molecule is COC(=O)c1sccc1C1C(N)C1(C)C. The first-order valence-corrected chi connectivity index (χ1v) is 5.79. The molecule has 0 bridgehead atoms. The van der Waals surface area contributed by atoms with Gasteiger partial charge in [-0.1, -0.05) is 13.8 Å². The van der Waals surface area contributed by atoms with Crippen molar-refractivity contribution in [3.63, 3.8) is 0 Å². The number of nitrogens with two attached hydrogens (primary N) is 1. The second-order valence-electron chi connectivity index (χ2n) is 4.52. The Hall–Kier alpha value is -0.870. The van der Waals surface area contributed by atoms with Gasteiger partial charge in [0.1, 0.15) is 4.88 Å². The Morgan fingerprint density at radius 2 is 2.20 bits per heavy atom. The number of rotatable bonds is 2. The van der Waals surface area contributed by atoms with Crippen molar-refractivity contribution >= 4 is 17.3 Å². The number of methoxy groups -OCH3 is 1. The van der Waals surface area contributed by atoms with Crippen LogP contribution in [0, 0.1) is 5.41 Å². The third-order valence-electron chi connectivity index (χ3n) is 3.31. The Bertz CT molecular complexity index is 397. The maximum atomic E-state index is 11.5. The molecule has 15 heavy (non-hydrogen) atoms. The van der Waals surface area contributed by atoms with Crippen LogP contribution in [0.25, 0.3) is 0 Å². The van der Waals surface area contributed by atoms with Crippen LogP contribution in [0.5, 0.6) is 0 Å². The Kier molecular flexibility index (Phi) is 2.35. The lowest BCUT2D eigenvalue weighted by atomic mass is 10.0. The van der Waals surface area contributed by atoms with Gasteiger partial charge in [-0.05, 0) is 22.4 Å². The van der Waals surface area contributed by atoms with Gasteiger partial charge in [0.05, 0.1) is 7.11 Å². The normalized spacial score (nSPS) is 27.5. The van der Waals surface area contributed by atoms with E-state index >= 15 is 0 Å². The van der Waals surface area contributed by atoms with Crippen LogP contribution in [-0.2, 0) is 4.74 Å². The minimum absolute atomic E-state index is 0.101. The summed E-state index contributed by atoms with van der Waals surface area (Å²) in [6.07, 6.45) is 0. The van der Waals surface area contributed by atoms with Crippen molar-refractivity contribution < 1.29 is 9.53 Å². The summed E-state index contributed by atoms with van der Waals surface area (Å²) in [4.78, 5) is 12.2. The van der Waals surface area contributed by atoms with Gasteiger partial charge >= 0.3 is 5.97 Å². The third kappa shape index (κ3) is 1.48. The van der Waals surface area contributed by atoms with Crippen LogP contribution in [0.3, 0.4) is 0 Å². The molecule has 2 unspecified atom stereocenters. The smallest absolute Gasteiger partial charge is 0.348 e. The fourth-order valence-corrected chi connectivity index (χ4v) is 2.96. The van der Waals surface area contributed by atoms with Crippen molar-refractivity contribution in [2.24, 2.45) is 11.1 Å². The highest BCUT2D eigenvalue weighted by Crippen LogP contribution is 2.58. The number of ether oxygens (including phenoxy) is 1. The highest BCUT2D eigenvalue weighted by Gasteiger charge is 2.57. The minimum Gasteiger partial charge on any atom is -0.465 e. The van der Waals surface area contributed by atoms with Crippen molar-refractivity contribution in [2.45, 2.75) is 25.8 Å². The third-order valence-corrected chi connectivity index (χ3v) is 4.22. The molecule has 1 heterocycles. The van der Waals surface area contributed by atoms with E-state index in [0.717, 1.165) is 5.56 Å². The fraction of sp³-hybridized carbons (Fsp3) is 0.545. The predicted octanol–water partition coefficient (Wildman–Crippen LogP) is 1.99. The van der Waals surface area contributed by atoms with Crippen molar-refractivity contribution in [2.75, 3.05) is 7.11 Å². The number of esters is 1. The molecule has 1 aliphatic carbocycles. The largest absolute Gasteiger partial charge is 0.465 e. The summed E-state index contributed by atoms with van der Waals surface area (Å²) in [5, 5.41) is 1.92. The van der Waals surface area contributed by atoms with Gasteiger partial charge in [0, 0.05) is 12.0 Å². The predicted molar refractivity (Wildman–Crippen MR) is 60.2 cm³/mol. The monoisotopic (exact) mass is 225 g/mol. The first-order chi connectivity index (χ1) is 7.00. The van der Waals surface area contributed by atoms with E-state index in [1.165, 1.54) is 18.4 Å². The van der Waals surface area contributed by atoms with E-state index < -0.39 is 0 Å². The first kappa shape index (κ1) is 10.6. The molecule has 2 atom stereocenters. The zero-order chi connectivity index (χ0) is 11.2. The Morgan fingerprint density at radius 3 is 2.67 bits per heavy atom. The number of carbonyl (C=O) groups is 1. The Morgan fingerprint density at radius 1 is 1.60 bits per heavy atom. The lowest BCUT2D eigenvalue weighted by Crippen LogP contribution is -2.07. The molecule has 1 saturated carbocycles. The molecule has 0 amide bonds. The van der Waals surface area contributed by atoms with Crippen LogP contribution in [0.4, 0.5) is 0 Å². The van der Waals surface area contributed by atoms with Gasteiger partial charge in [-0.2, -0.15) is 0 Å². The maximum Gasteiger partial charge on any atom is 0.348 e. The molecule has 82 valence electrons. The molecule has 1 aromatic rings.